The summed E-state index contributed by atoms with van der Waals surface area (Å²) in [5.74, 6) is 0. The molecule has 0 spiro atoms. The number of aliphatic hydroxyl groups excluding tert-OH is 2. The molecule has 4 heteroatoms. The minimum absolute atomic E-state index is 0.286. The molecule has 3 atom stereocenters. The molecule has 0 saturated carbocycles. The van der Waals surface area contributed by atoms with Crippen molar-refractivity contribution >= 4 is 0 Å². The van der Waals surface area contributed by atoms with Crippen molar-refractivity contribution in [2.24, 2.45) is 0 Å². The lowest BCUT2D eigenvalue weighted by Gasteiger charge is -2.11. The molecular weight excluding hydrogens is 136 g/mol. The van der Waals surface area contributed by atoms with E-state index in [4.69, 9.17) is 19.7 Å². The van der Waals surface area contributed by atoms with Crippen LogP contribution in [0, 0.1) is 0 Å². The monoisotopic (exact) mass is 148 g/mol. The first-order valence-corrected chi connectivity index (χ1v) is 3.24. The molecule has 60 valence electrons. The van der Waals surface area contributed by atoms with Crippen LogP contribution < -0.4 is 0 Å². The van der Waals surface area contributed by atoms with Crippen molar-refractivity contribution in [3.05, 3.63) is 0 Å². The van der Waals surface area contributed by atoms with Gasteiger partial charge in [0, 0.05) is 13.5 Å². The van der Waals surface area contributed by atoms with E-state index in [0.717, 1.165) is 0 Å². The standard InChI is InChI=1S/C6H12O4/c1-9-3-5-4(7)2-6(8)10-5/h4-8H,2-3H2,1H3/t4-,5+,6+/m0/s1. The van der Waals surface area contributed by atoms with E-state index in [0.29, 0.717) is 6.61 Å². The molecule has 10 heavy (non-hydrogen) atoms. The summed E-state index contributed by atoms with van der Waals surface area (Å²) in [6.07, 6.45) is -1.49. The van der Waals surface area contributed by atoms with Crippen LogP contribution in [0.25, 0.3) is 0 Å². The van der Waals surface area contributed by atoms with Gasteiger partial charge in [-0.25, -0.2) is 0 Å². The second-order valence-electron chi connectivity index (χ2n) is 2.39. The van der Waals surface area contributed by atoms with Crippen LogP contribution in [0.2, 0.25) is 0 Å². The largest absolute Gasteiger partial charge is 0.390 e. The predicted octanol–water partition coefficient (Wildman–Crippen LogP) is -0.899. The fourth-order valence-corrected chi connectivity index (χ4v) is 1.02. The van der Waals surface area contributed by atoms with Gasteiger partial charge >= 0.3 is 0 Å². The Balaban J connectivity index is 2.31. The van der Waals surface area contributed by atoms with Gasteiger partial charge in [0.05, 0.1) is 12.7 Å². The summed E-state index contributed by atoms with van der Waals surface area (Å²) in [6.45, 7) is 0.332. The highest BCUT2D eigenvalue weighted by molar-refractivity contribution is 4.76. The van der Waals surface area contributed by atoms with Crippen LogP contribution in [0.15, 0.2) is 0 Å². The van der Waals surface area contributed by atoms with Crippen molar-refractivity contribution in [2.45, 2.75) is 24.9 Å². The number of aliphatic hydroxyl groups is 2. The van der Waals surface area contributed by atoms with Crippen LogP contribution in [0.4, 0.5) is 0 Å². The van der Waals surface area contributed by atoms with E-state index in [9.17, 15) is 0 Å². The van der Waals surface area contributed by atoms with Gasteiger partial charge in [-0.3, -0.25) is 0 Å². The second-order valence-corrected chi connectivity index (χ2v) is 2.39. The Kier molecular flexibility index (Phi) is 2.62. The van der Waals surface area contributed by atoms with Gasteiger partial charge in [0.1, 0.15) is 6.10 Å². The van der Waals surface area contributed by atoms with Gasteiger partial charge < -0.3 is 19.7 Å². The molecule has 4 nitrogen and oxygen atoms in total. The van der Waals surface area contributed by atoms with Crippen molar-refractivity contribution < 1.29 is 19.7 Å². The Morgan fingerprint density at radius 1 is 1.60 bits per heavy atom. The zero-order chi connectivity index (χ0) is 7.56. The zero-order valence-corrected chi connectivity index (χ0v) is 5.86. The van der Waals surface area contributed by atoms with Crippen molar-refractivity contribution in [3.63, 3.8) is 0 Å². The van der Waals surface area contributed by atoms with Gasteiger partial charge in [-0.2, -0.15) is 0 Å². The van der Waals surface area contributed by atoms with E-state index >= 15 is 0 Å². The van der Waals surface area contributed by atoms with E-state index in [1.54, 1.807) is 0 Å². The van der Waals surface area contributed by atoms with Crippen LogP contribution in [0.3, 0.4) is 0 Å². The predicted molar refractivity (Wildman–Crippen MR) is 33.4 cm³/mol. The van der Waals surface area contributed by atoms with E-state index in [1.807, 2.05) is 0 Å². The van der Waals surface area contributed by atoms with Crippen LogP contribution in [0.5, 0.6) is 0 Å². The minimum atomic E-state index is -0.824. The van der Waals surface area contributed by atoms with Crippen LogP contribution in [0.1, 0.15) is 6.42 Å². The lowest BCUT2D eigenvalue weighted by Crippen LogP contribution is -2.25. The van der Waals surface area contributed by atoms with Crippen LogP contribution in [-0.4, -0.2) is 42.4 Å². The molecule has 0 radical (unpaired) electrons. The van der Waals surface area contributed by atoms with E-state index in [1.165, 1.54) is 7.11 Å². The molecule has 0 aromatic heterocycles. The average molecular weight is 148 g/mol. The van der Waals surface area contributed by atoms with E-state index < -0.39 is 12.4 Å². The molecule has 0 bridgehead atoms. The molecule has 1 saturated heterocycles. The van der Waals surface area contributed by atoms with Gasteiger partial charge in [0.15, 0.2) is 6.29 Å². The Morgan fingerprint density at radius 3 is 2.70 bits per heavy atom. The highest BCUT2D eigenvalue weighted by atomic mass is 16.6. The first-order chi connectivity index (χ1) is 4.74. The van der Waals surface area contributed by atoms with Crippen molar-refractivity contribution in [3.8, 4) is 0 Å². The van der Waals surface area contributed by atoms with E-state index in [2.05, 4.69) is 0 Å². The lowest BCUT2D eigenvalue weighted by molar-refractivity contribution is -0.111. The molecule has 0 aromatic carbocycles. The Morgan fingerprint density at radius 2 is 2.30 bits per heavy atom. The summed E-state index contributed by atoms with van der Waals surface area (Å²) in [5.41, 5.74) is 0. The SMILES string of the molecule is COC[C@H]1O[C@@H](O)C[C@@H]1O. The van der Waals surface area contributed by atoms with Crippen LogP contribution in [-0.2, 0) is 9.47 Å². The lowest BCUT2D eigenvalue weighted by atomic mass is 10.2. The van der Waals surface area contributed by atoms with Crippen LogP contribution >= 0.6 is 0 Å². The molecule has 0 aliphatic carbocycles. The molecule has 2 N–H and O–H groups in total. The molecular formula is C6H12O4. The van der Waals surface area contributed by atoms with Gasteiger partial charge in [-0.15, -0.1) is 0 Å². The highest BCUT2D eigenvalue weighted by Gasteiger charge is 2.32. The van der Waals surface area contributed by atoms with Crippen molar-refractivity contribution in [1.82, 2.24) is 0 Å². The van der Waals surface area contributed by atoms with Crippen molar-refractivity contribution in [1.29, 1.82) is 0 Å². The molecule has 0 amide bonds. The maximum Gasteiger partial charge on any atom is 0.157 e. The molecule has 0 aromatic rings. The first kappa shape index (κ1) is 7.94. The normalized spacial score (nSPS) is 40.5. The van der Waals surface area contributed by atoms with Crippen molar-refractivity contribution in [2.75, 3.05) is 13.7 Å². The topological polar surface area (TPSA) is 58.9 Å². The second kappa shape index (κ2) is 3.30. The summed E-state index contributed by atoms with van der Waals surface area (Å²) in [4.78, 5) is 0. The summed E-state index contributed by atoms with van der Waals surface area (Å²) in [5, 5.41) is 18.0. The maximum atomic E-state index is 9.13. The molecule has 0 unspecified atom stereocenters. The fraction of sp³-hybridized carbons (Fsp3) is 1.00. The molecule has 1 aliphatic heterocycles. The molecule has 1 aliphatic rings. The number of ether oxygens (including phenoxy) is 2. The quantitative estimate of drug-likeness (QED) is 0.533. The maximum absolute atomic E-state index is 9.13. The molecule has 1 fully saturated rings. The first-order valence-electron chi connectivity index (χ1n) is 3.24. The summed E-state index contributed by atoms with van der Waals surface area (Å²) in [7, 11) is 1.53. The third-order valence-electron chi connectivity index (χ3n) is 1.54. The third kappa shape index (κ3) is 1.67. The summed E-state index contributed by atoms with van der Waals surface area (Å²) < 4.78 is 9.64. The van der Waals surface area contributed by atoms with Gasteiger partial charge in [-0.05, 0) is 0 Å². The number of hydrogen-bond acceptors (Lipinski definition) is 4. The number of rotatable bonds is 2. The number of methoxy groups -OCH3 is 1. The van der Waals surface area contributed by atoms with E-state index in [-0.39, 0.29) is 12.5 Å². The highest BCUT2D eigenvalue weighted by Crippen LogP contribution is 2.18. The smallest absolute Gasteiger partial charge is 0.157 e. The van der Waals surface area contributed by atoms with Gasteiger partial charge in [-0.1, -0.05) is 0 Å². The summed E-state index contributed by atoms with van der Waals surface area (Å²) in [6, 6.07) is 0. The Hall–Kier alpha value is -0.160. The third-order valence-corrected chi connectivity index (χ3v) is 1.54. The number of hydrogen-bond donors (Lipinski definition) is 2. The molecule has 1 heterocycles. The zero-order valence-electron chi connectivity index (χ0n) is 5.86. The average Bonchev–Trinajstić information content (AvgIpc) is 2.13. The minimum Gasteiger partial charge on any atom is -0.390 e. The molecule has 1 rings (SSSR count). The van der Waals surface area contributed by atoms with Gasteiger partial charge in [0.2, 0.25) is 0 Å². The summed E-state index contributed by atoms with van der Waals surface area (Å²) >= 11 is 0. The fourth-order valence-electron chi connectivity index (χ4n) is 1.02. The Labute approximate surface area is 59.4 Å². The van der Waals surface area contributed by atoms with Gasteiger partial charge in [0.25, 0.3) is 0 Å². The Bertz CT molecular complexity index is 106.